The topological polar surface area (TPSA) is 91.7 Å². The zero-order chi connectivity index (χ0) is 16.7. The molecule has 0 bridgehead atoms. The number of aromatic amines is 1. The molecule has 126 valence electrons. The van der Waals surface area contributed by atoms with Gasteiger partial charge in [0, 0.05) is 25.4 Å². The average Bonchev–Trinajstić information content (AvgIpc) is 3.24. The lowest BCUT2D eigenvalue weighted by atomic mass is 10.0. The molecular weight excluding hydrogens is 304 g/mol. The fourth-order valence-electron chi connectivity index (χ4n) is 3.60. The van der Waals surface area contributed by atoms with E-state index in [-0.39, 0.29) is 17.9 Å². The lowest BCUT2D eigenvalue weighted by molar-refractivity contribution is 0.137. The molecule has 0 saturated heterocycles. The van der Waals surface area contributed by atoms with Crippen molar-refractivity contribution < 1.29 is 5.11 Å². The molecule has 2 aromatic heterocycles. The van der Waals surface area contributed by atoms with Crippen LogP contribution in [-0.4, -0.2) is 42.5 Å². The molecule has 0 aliphatic heterocycles. The van der Waals surface area contributed by atoms with Crippen LogP contribution in [-0.2, 0) is 7.05 Å². The van der Waals surface area contributed by atoms with Crippen molar-refractivity contribution in [1.82, 2.24) is 24.7 Å². The number of anilines is 1. The second kappa shape index (κ2) is 5.90. The Kier molecular flexibility index (Phi) is 3.72. The number of nitrogens with zero attached hydrogens (tertiary/aromatic N) is 4. The zero-order valence-electron chi connectivity index (χ0n) is 13.9. The van der Waals surface area contributed by atoms with Crippen molar-refractivity contribution in [2.75, 3.05) is 11.9 Å². The van der Waals surface area contributed by atoms with E-state index in [0.717, 1.165) is 35.1 Å². The predicted molar refractivity (Wildman–Crippen MR) is 91.8 cm³/mol. The fraction of sp³-hybridized carbons (Fsp3) is 0.471. The van der Waals surface area contributed by atoms with Crippen LogP contribution in [0.25, 0.3) is 11.0 Å². The number of nitrogens with one attached hydrogen (secondary N) is 2. The van der Waals surface area contributed by atoms with Gasteiger partial charge in [-0.05, 0) is 31.9 Å². The van der Waals surface area contributed by atoms with E-state index >= 15 is 0 Å². The first kappa shape index (κ1) is 15.1. The van der Waals surface area contributed by atoms with Gasteiger partial charge in [0.15, 0.2) is 5.82 Å². The molecule has 0 amide bonds. The first-order valence-electron chi connectivity index (χ1n) is 8.34. The molecule has 1 saturated carbocycles. The van der Waals surface area contributed by atoms with Crippen molar-refractivity contribution in [3.8, 4) is 0 Å². The van der Waals surface area contributed by atoms with Crippen LogP contribution in [0.1, 0.15) is 30.4 Å². The number of aliphatic hydroxyl groups excluding tert-OH is 1. The zero-order valence-corrected chi connectivity index (χ0v) is 13.9. The van der Waals surface area contributed by atoms with Gasteiger partial charge in [0.1, 0.15) is 5.82 Å². The molecule has 1 fully saturated rings. The van der Waals surface area contributed by atoms with E-state index in [1.807, 2.05) is 36.7 Å². The molecule has 7 heteroatoms. The molecule has 0 spiro atoms. The Morgan fingerprint density at radius 3 is 2.88 bits per heavy atom. The minimum absolute atomic E-state index is 0.175. The first-order chi connectivity index (χ1) is 11.6. The number of hydrogen-bond acceptors (Lipinski definition) is 5. The largest absolute Gasteiger partial charge is 0.393 e. The molecule has 3 aromatic rings. The molecule has 4 rings (SSSR count). The Morgan fingerprint density at radius 1 is 1.29 bits per heavy atom. The number of aliphatic hydroxyl groups is 1. The minimum Gasteiger partial charge on any atom is -0.393 e. The first-order valence-corrected chi connectivity index (χ1v) is 8.34. The van der Waals surface area contributed by atoms with Crippen LogP contribution in [0.5, 0.6) is 0 Å². The second-order valence-corrected chi connectivity index (χ2v) is 6.64. The number of imidazole rings is 1. The highest BCUT2D eigenvalue weighted by Gasteiger charge is 2.35. The highest BCUT2D eigenvalue weighted by Crippen LogP contribution is 2.37. The van der Waals surface area contributed by atoms with Crippen LogP contribution in [0.4, 0.5) is 5.95 Å². The van der Waals surface area contributed by atoms with Crippen LogP contribution < -0.4 is 5.32 Å². The van der Waals surface area contributed by atoms with Gasteiger partial charge in [-0.15, -0.1) is 0 Å². The third-order valence-corrected chi connectivity index (χ3v) is 4.95. The molecule has 0 unspecified atom stereocenters. The highest BCUT2D eigenvalue weighted by molar-refractivity contribution is 5.78. The molecule has 3 N–H and O–H groups in total. The van der Waals surface area contributed by atoms with Gasteiger partial charge in [0.2, 0.25) is 5.95 Å². The number of hydrogen-bond donors (Lipinski definition) is 3. The van der Waals surface area contributed by atoms with Crippen LogP contribution in [0.15, 0.2) is 24.3 Å². The predicted octanol–water partition coefficient (Wildman–Crippen LogP) is 1.97. The van der Waals surface area contributed by atoms with E-state index in [9.17, 15) is 5.11 Å². The number of benzene rings is 1. The average molecular weight is 326 g/mol. The van der Waals surface area contributed by atoms with E-state index in [4.69, 9.17) is 0 Å². The molecule has 2 heterocycles. The smallest absolute Gasteiger partial charge is 0.203 e. The van der Waals surface area contributed by atoms with Gasteiger partial charge in [0.05, 0.1) is 17.1 Å². The summed E-state index contributed by atoms with van der Waals surface area (Å²) in [5.41, 5.74) is 2.07. The summed E-state index contributed by atoms with van der Waals surface area (Å²) in [5, 5.41) is 20.9. The number of aromatic nitrogens is 5. The third-order valence-electron chi connectivity index (χ3n) is 4.95. The molecule has 1 aliphatic rings. The van der Waals surface area contributed by atoms with Crippen LogP contribution in [0, 0.1) is 12.8 Å². The summed E-state index contributed by atoms with van der Waals surface area (Å²) >= 11 is 0. The number of para-hydroxylation sites is 2. The van der Waals surface area contributed by atoms with E-state index in [2.05, 4.69) is 31.5 Å². The van der Waals surface area contributed by atoms with Gasteiger partial charge in [-0.1, -0.05) is 12.1 Å². The number of H-pyrrole nitrogens is 1. The standard InChI is InChI=1S/C17H22N6O/c1-10-19-16(22-21-10)11-7-12(15(24)8-11)9-18-17-20-13-5-3-4-6-14(13)23(17)2/h3-6,11-12,15,24H,7-9H2,1-2H3,(H,18,20)(H,19,21,22)/t11-,12+,15+/m0/s1. The van der Waals surface area contributed by atoms with Gasteiger partial charge < -0.3 is 15.0 Å². The third kappa shape index (κ3) is 2.65. The van der Waals surface area contributed by atoms with Crippen molar-refractivity contribution in [1.29, 1.82) is 0 Å². The van der Waals surface area contributed by atoms with Gasteiger partial charge in [-0.25, -0.2) is 9.97 Å². The van der Waals surface area contributed by atoms with Crippen LogP contribution in [0.2, 0.25) is 0 Å². The van der Waals surface area contributed by atoms with E-state index in [1.54, 1.807) is 0 Å². The second-order valence-electron chi connectivity index (χ2n) is 6.64. The maximum absolute atomic E-state index is 10.4. The molecule has 3 atom stereocenters. The molecule has 1 aromatic carbocycles. The van der Waals surface area contributed by atoms with E-state index in [1.165, 1.54) is 0 Å². The Balaban J connectivity index is 1.44. The summed E-state index contributed by atoms with van der Waals surface area (Å²) in [5.74, 6) is 2.86. The minimum atomic E-state index is -0.337. The Hall–Kier alpha value is -2.41. The van der Waals surface area contributed by atoms with Crippen molar-refractivity contribution in [3.05, 3.63) is 35.9 Å². The molecule has 1 aliphatic carbocycles. The summed E-state index contributed by atoms with van der Waals surface area (Å²) in [4.78, 5) is 9.03. The van der Waals surface area contributed by atoms with Crippen molar-refractivity contribution in [2.45, 2.75) is 31.8 Å². The highest BCUT2D eigenvalue weighted by atomic mass is 16.3. The Bertz CT molecular complexity index is 854. The number of aryl methyl sites for hydroxylation is 2. The van der Waals surface area contributed by atoms with Crippen LogP contribution in [0.3, 0.4) is 0 Å². The Labute approximate surface area is 140 Å². The van der Waals surface area contributed by atoms with E-state index in [0.29, 0.717) is 13.0 Å². The normalized spacial score (nSPS) is 23.9. The maximum atomic E-state index is 10.4. The quantitative estimate of drug-likeness (QED) is 0.682. The monoisotopic (exact) mass is 326 g/mol. The molecular formula is C17H22N6O. The lowest BCUT2D eigenvalue weighted by Gasteiger charge is -2.15. The van der Waals surface area contributed by atoms with Gasteiger partial charge in [-0.2, -0.15) is 5.10 Å². The van der Waals surface area contributed by atoms with Gasteiger partial charge in [0.25, 0.3) is 0 Å². The molecule has 0 radical (unpaired) electrons. The van der Waals surface area contributed by atoms with Crippen molar-refractivity contribution in [3.63, 3.8) is 0 Å². The SMILES string of the molecule is Cc1nc([C@H]2C[C@H](CNc3nc4ccccc4n3C)[C@H](O)C2)n[nH]1. The number of fused-ring (bicyclic) bond motifs is 1. The van der Waals surface area contributed by atoms with Gasteiger partial charge in [-0.3, -0.25) is 5.10 Å². The summed E-state index contributed by atoms with van der Waals surface area (Å²) in [6, 6.07) is 8.06. The summed E-state index contributed by atoms with van der Waals surface area (Å²) in [7, 11) is 2.00. The summed E-state index contributed by atoms with van der Waals surface area (Å²) in [6.07, 6.45) is 1.26. The fourth-order valence-corrected chi connectivity index (χ4v) is 3.60. The molecule has 24 heavy (non-hydrogen) atoms. The Morgan fingerprint density at radius 2 is 2.12 bits per heavy atom. The summed E-state index contributed by atoms with van der Waals surface area (Å²) < 4.78 is 2.05. The van der Waals surface area contributed by atoms with E-state index < -0.39 is 0 Å². The number of rotatable bonds is 4. The van der Waals surface area contributed by atoms with Crippen LogP contribution >= 0.6 is 0 Å². The lowest BCUT2D eigenvalue weighted by Crippen LogP contribution is -2.23. The van der Waals surface area contributed by atoms with Gasteiger partial charge >= 0.3 is 0 Å². The summed E-state index contributed by atoms with van der Waals surface area (Å²) in [6.45, 7) is 2.59. The van der Waals surface area contributed by atoms with Crippen molar-refractivity contribution in [2.24, 2.45) is 13.0 Å². The maximum Gasteiger partial charge on any atom is 0.203 e. The molecule has 7 nitrogen and oxygen atoms in total. The van der Waals surface area contributed by atoms with Crippen molar-refractivity contribution >= 4 is 17.0 Å².